The molecular formula is C21H19ClN2O4S2. The Balaban J connectivity index is 1.78. The molecule has 1 fully saturated rings. The van der Waals surface area contributed by atoms with Crippen molar-refractivity contribution >= 4 is 57.8 Å². The number of ether oxygens (including phenoxy) is 2. The molecule has 9 heteroatoms. The minimum absolute atomic E-state index is 0.224. The van der Waals surface area contributed by atoms with Gasteiger partial charge in [0.2, 0.25) is 0 Å². The first kappa shape index (κ1) is 22.1. The fraction of sp³-hybridized carbons (Fsp3) is 0.190. The number of carbonyl (C=O) groups excluding carboxylic acids is 2. The average Bonchev–Trinajstić information content (AvgIpc) is 3.00. The summed E-state index contributed by atoms with van der Waals surface area (Å²) in [6.07, 6.45) is 2.57. The van der Waals surface area contributed by atoms with Crippen LogP contribution < -0.4 is 14.9 Å². The second-order valence-electron chi connectivity index (χ2n) is 6.20. The first-order valence-electron chi connectivity index (χ1n) is 9.09. The van der Waals surface area contributed by atoms with E-state index in [2.05, 4.69) is 5.43 Å². The summed E-state index contributed by atoms with van der Waals surface area (Å²) in [4.78, 5) is 25.6. The number of thioether (sulfide) groups is 1. The van der Waals surface area contributed by atoms with Crippen LogP contribution in [0.5, 0.6) is 11.5 Å². The van der Waals surface area contributed by atoms with E-state index in [9.17, 15) is 9.59 Å². The van der Waals surface area contributed by atoms with Crippen LogP contribution >= 0.6 is 35.6 Å². The van der Waals surface area contributed by atoms with E-state index < -0.39 is 11.8 Å². The van der Waals surface area contributed by atoms with Crippen LogP contribution in [0.15, 0.2) is 47.4 Å². The summed E-state index contributed by atoms with van der Waals surface area (Å²) in [6.45, 7) is 2.60. The molecule has 0 aliphatic carbocycles. The minimum Gasteiger partial charge on any atom is -0.493 e. The second kappa shape index (κ2) is 9.97. The highest BCUT2D eigenvalue weighted by Gasteiger charge is 2.34. The van der Waals surface area contributed by atoms with Crippen LogP contribution in [0.1, 0.15) is 29.3 Å². The number of amides is 2. The molecule has 1 N–H and O–H groups in total. The first-order chi connectivity index (χ1) is 14.4. The molecule has 30 heavy (non-hydrogen) atoms. The Labute approximate surface area is 189 Å². The van der Waals surface area contributed by atoms with Crippen LogP contribution in [0.4, 0.5) is 0 Å². The van der Waals surface area contributed by atoms with E-state index in [0.717, 1.165) is 28.8 Å². The van der Waals surface area contributed by atoms with Gasteiger partial charge in [0.15, 0.2) is 15.8 Å². The predicted octanol–water partition coefficient (Wildman–Crippen LogP) is 4.68. The summed E-state index contributed by atoms with van der Waals surface area (Å²) in [5.74, 6) is 0.267. The number of rotatable bonds is 7. The maximum absolute atomic E-state index is 12.8. The maximum atomic E-state index is 12.8. The lowest BCUT2D eigenvalue weighted by Crippen LogP contribution is -2.44. The summed E-state index contributed by atoms with van der Waals surface area (Å²) >= 11 is 12.4. The lowest BCUT2D eigenvalue weighted by atomic mass is 10.2. The number of halogens is 1. The molecule has 2 amide bonds. The molecule has 2 aromatic carbocycles. The Bertz CT molecular complexity index is 1030. The van der Waals surface area contributed by atoms with Crippen molar-refractivity contribution in [1.29, 1.82) is 0 Å². The highest BCUT2D eigenvalue weighted by Crippen LogP contribution is 2.34. The molecule has 1 aliphatic heterocycles. The fourth-order valence-electron chi connectivity index (χ4n) is 2.63. The van der Waals surface area contributed by atoms with Gasteiger partial charge in [0, 0.05) is 0 Å². The van der Waals surface area contributed by atoms with E-state index in [1.165, 1.54) is 0 Å². The van der Waals surface area contributed by atoms with Crippen molar-refractivity contribution in [2.45, 2.75) is 13.3 Å². The number of nitrogens with zero attached hydrogens (tertiary/aromatic N) is 1. The summed E-state index contributed by atoms with van der Waals surface area (Å²) in [6, 6.07) is 12.0. The number of carbonyl (C=O) groups is 2. The molecule has 1 aliphatic rings. The molecule has 0 atom stereocenters. The number of hydrogen-bond acceptors (Lipinski definition) is 6. The van der Waals surface area contributed by atoms with Gasteiger partial charge in [-0.3, -0.25) is 15.0 Å². The van der Waals surface area contributed by atoms with Gasteiger partial charge < -0.3 is 9.47 Å². The van der Waals surface area contributed by atoms with E-state index in [0.29, 0.717) is 23.0 Å². The van der Waals surface area contributed by atoms with Crippen LogP contribution in [-0.2, 0) is 4.79 Å². The van der Waals surface area contributed by atoms with Gasteiger partial charge in [-0.25, -0.2) is 0 Å². The SMILES string of the molecule is CCCOc1ccc(/C=C2\SC(=S)N(NC(=O)c3ccccc3Cl)C2=O)cc1OC. The molecule has 0 aromatic heterocycles. The zero-order valence-electron chi connectivity index (χ0n) is 16.3. The highest BCUT2D eigenvalue weighted by atomic mass is 35.5. The molecule has 2 aromatic rings. The van der Waals surface area contributed by atoms with Crippen molar-refractivity contribution in [1.82, 2.24) is 10.4 Å². The minimum atomic E-state index is -0.516. The Kier molecular flexibility index (Phi) is 7.36. The fourth-order valence-corrected chi connectivity index (χ4v) is 4.03. The zero-order valence-corrected chi connectivity index (χ0v) is 18.7. The summed E-state index contributed by atoms with van der Waals surface area (Å²) in [5, 5.41) is 1.33. The molecule has 0 unspecified atom stereocenters. The van der Waals surface area contributed by atoms with Gasteiger partial charge >= 0.3 is 0 Å². The van der Waals surface area contributed by atoms with Crippen LogP contribution in [0.2, 0.25) is 5.02 Å². The third-order valence-electron chi connectivity index (χ3n) is 4.07. The molecule has 0 spiro atoms. The maximum Gasteiger partial charge on any atom is 0.285 e. The largest absolute Gasteiger partial charge is 0.493 e. The van der Waals surface area contributed by atoms with Gasteiger partial charge in [0.05, 0.1) is 29.2 Å². The lowest BCUT2D eigenvalue weighted by molar-refractivity contribution is -0.123. The van der Waals surface area contributed by atoms with Crippen LogP contribution in [0.25, 0.3) is 6.08 Å². The quantitative estimate of drug-likeness (QED) is 0.476. The molecule has 3 rings (SSSR count). The lowest BCUT2D eigenvalue weighted by Gasteiger charge is -2.16. The molecule has 6 nitrogen and oxygen atoms in total. The van der Waals surface area contributed by atoms with Crippen molar-refractivity contribution in [2.75, 3.05) is 13.7 Å². The molecule has 156 valence electrons. The number of thiocarbonyl (C=S) groups is 1. The summed E-state index contributed by atoms with van der Waals surface area (Å²) < 4.78 is 11.2. The Hall–Kier alpha value is -2.55. The van der Waals surface area contributed by atoms with Gasteiger partial charge in [-0.15, -0.1) is 0 Å². The van der Waals surface area contributed by atoms with Crippen molar-refractivity contribution in [2.24, 2.45) is 0 Å². The molecular weight excluding hydrogens is 444 g/mol. The van der Waals surface area contributed by atoms with E-state index in [-0.39, 0.29) is 14.9 Å². The Morgan fingerprint density at radius 1 is 1.27 bits per heavy atom. The van der Waals surface area contributed by atoms with Gasteiger partial charge in [0.1, 0.15) is 0 Å². The number of benzene rings is 2. The standard InChI is InChI=1S/C21H19ClN2O4S2/c1-3-10-28-16-9-8-13(11-17(16)27-2)12-18-20(26)24(21(29)30-18)23-19(25)14-6-4-5-7-15(14)22/h4-9,11-12H,3,10H2,1-2H3,(H,23,25)/b18-12-. The average molecular weight is 463 g/mol. The van der Waals surface area contributed by atoms with E-state index in [1.54, 1.807) is 49.6 Å². The second-order valence-corrected chi connectivity index (χ2v) is 8.28. The Morgan fingerprint density at radius 2 is 2.03 bits per heavy atom. The number of hydrazine groups is 1. The summed E-state index contributed by atoms with van der Waals surface area (Å²) in [5.41, 5.74) is 3.52. The molecule has 0 saturated carbocycles. The number of methoxy groups -OCH3 is 1. The predicted molar refractivity (Wildman–Crippen MR) is 123 cm³/mol. The van der Waals surface area contributed by atoms with E-state index in [1.807, 2.05) is 13.0 Å². The van der Waals surface area contributed by atoms with Gasteiger partial charge in [0.25, 0.3) is 11.8 Å². The van der Waals surface area contributed by atoms with Crippen molar-refractivity contribution < 1.29 is 19.1 Å². The third kappa shape index (κ3) is 4.95. The molecule has 1 saturated heterocycles. The third-order valence-corrected chi connectivity index (χ3v) is 5.70. The number of nitrogens with one attached hydrogen (secondary N) is 1. The van der Waals surface area contributed by atoms with Gasteiger partial charge in [-0.05, 0) is 54.5 Å². The van der Waals surface area contributed by atoms with Crippen LogP contribution in [-0.4, -0.2) is 34.9 Å². The molecule has 1 heterocycles. The normalized spacial score (nSPS) is 14.9. The zero-order chi connectivity index (χ0) is 21.7. The monoisotopic (exact) mass is 462 g/mol. The smallest absolute Gasteiger partial charge is 0.285 e. The Morgan fingerprint density at radius 3 is 2.73 bits per heavy atom. The molecule has 0 radical (unpaired) electrons. The van der Waals surface area contributed by atoms with Crippen molar-refractivity contribution in [3.05, 3.63) is 63.5 Å². The topological polar surface area (TPSA) is 67.9 Å². The molecule has 0 bridgehead atoms. The highest BCUT2D eigenvalue weighted by molar-refractivity contribution is 8.26. The van der Waals surface area contributed by atoms with Gasteiger partial charge in [-0.2, -0.15) is 5.01 Å². The first-order valence-corrected chi connectivity index (χ1v) is 10.7. The number of hydrogen-bond donors (Lipinski definition) is 1. The van der Waals surface area contributed by atoms with Crippen LogP contribution in [0, 0.1) is 0 Å². The van der Waals surface area contributed by atoms with Crippen molar-refractivity contribution in [3.63, 3.8) is 0 Å². The van der Waals surface area contributed by atoms with Gasteiger partial charge in [-0.1, -0.05) is 48.5 Å². The van der Waals surface area contributed by atoms with Crippen LogP contribution in [0.3, 0.4) is 0 Å². The summed E-state index contributed by atoms with van der Waals surface area (Å²) in [7, 11) is 1.56. The van der Waals surface area contributed by atoms with Crippen molar-refractivity contribution in [3.8, 4) is 11.5 Å². The van der Waals surface area contributed by atoms with E-state index >= 15 is 0 Å². The van der Waals surface area contributed by atoms with E-state index in [4.69, 9.17) is 33.3 Å².